The number of aromatic nitrogens is 4. The first-order chi connectivity index (χ1) is 11.1. The van der Waals surface area contributed by atoms with Crippen molar-refractivity contribution < 1.29 is 13.2 Å². The van der Waals surface area contributed by atoms with Crippen LogP contribution in [0.15, 0.2) is 18.3 Å². The third-order valence-electron chi connectivity index (χ3n) is 4.63. The fraction of sp³-hybridized carbons (Fsp3) is 0.600. The minimum Gasteiger partial charge on any atom is -0.381 e. The van der Waals surface area contributed by atoms with E-state index >= 15 is 0 Å². The van der Waals surface area contributed by atoms with E-state index in [-0.39, 0.29) is 23.5 Å². The number of hydrogen-bond acceptors (Lipinski definition) is 5. The summed E-state index contributed by atoms with van der Waals surface area (Å²) in [5.74, 6) is 2.21. The van der Waals surface area contributed by atoms with Crippen molar-refractivity contribution in [3.63, 3.8) is 0 Å². The number of sulfone groups is 1. The van der Waals surface area contributed by atoms with Crippen molar-refractivity contribution in [1.82, 2.24) is 19.7 Å². The third-order valence-corrected chi connectivity index (χ3v) is 6.38. The Bertz CT molecular complexity index is 776. The molecule has 0 aromatic carbocycles. The molecule has 4 heterocycles. The molecule has 2 aromatic rings. The molecule has 0 aliphatic carbocycles. The maximum absolute atomic E-state index is 11.8. The highest BCUT2D eigenvalue weighted by Gasteiger charge is 2.33. The summed E-state index contributed by atoms with van der Waals surface area (Å²) in [6.07, 6.45) is 4.27. The highest BCUT2D eigenvalue weighted by molar-refractivity contribution is 7.91. The number of H-pyrrole nitrogens is 1. The lowest BCUT2D eigenvalue weighted by molar-refractivity contribution is 0.0835. The Hall–Kier alpha value is -1.67. The topological polar surface area (TPSA) is 89.9 Å². The van der Waals surface area contributed by atoms with Gasteiger partial charge in [0.2, 0.25) is 0 Å². The Kier molecular flexibility index (Phi) is 3.73. The molecular formula is C15H20N4O3S. The summed E-state index contributed by atoms with van der Waals surface area (Å²) in [7, 11) is -2.96. The first kappa shape index (κ1) is 14.9. The molecule has 1 unspecified atom stereocenters. The Balaban J connectivity index is 1.72. The summed E-state index contributed by atoms with van der Waals surface area (Å²) in [4.78, 5) is 7.90. The van der Waals surface area contributed by atoms with Crippen LogP contribution < -0.4 is 0 Å². The van der Waals surface area contributed by atoms with E-state index in [2.05, 4.69) is 4.98 Å². The summed E-state index contributed by atoms with van der Waals surface area (Å²) in [5.41, 5.74) is 0.875. The van der Waals surface area contributed by atoms with Gasteiger partial charge in [-0.1, -0.05) is 0 Å². The summed E-state index contributed by atoms with van der Waals surface area (Å²) in [6, 6.07) is 3.73. The molecule has 2 aliphatic heterocycles. The number of nitrogens with one attached hydrogen (secondary N) is 1. The van der Waals surface area contributed by atoms with Crippen LogP contribution in [0.3, 0.4) is 0 Å². The Morgan fingerprint density at radius 3 is 2.74 bits per heavy atom. The van der Waals surface area contributed by atoms with E-state index in [1.807, 2.05) is 23.0 Å². The van der Waals surface area contributed by atoms with Crippen molar-refractivity contribution >= 4 is 9.84 Å². The fourth-order valence-corrected chi connectivity index (χ4v) is 5.04. The lowest BCUT2D eigenvalue weighted by Crippen LogP contribution is -2.17. The van der Waals surface area contributed by atoms with Crippen molar-refractivity contribution in [1.29, 1.82) is 0 Å². The predicted octanol–water partition coefficient (Wildman–Crippen LogP) is 1.53. The van der Waals surface area contributed by atoms with Gasteiger partial charge in [-0.05, 0) is 31.4 Å². The Morgan fingerprint density at radius 1 is 1.26 bits per heavy atom. The molecule has 7 nitrogen and oxygen atoms in total. The van der Waals surface area contributed by atoms with E-state index in [1.54, 1.807) is 0 Å². The smallest absolute Gasteiger partial charge is 0.175 e. The zero-order valence-electron chi connectivity index (χ0n) is 12.8. The van der Waals surface area contributed by atoms with E-state index in [1.165, 1.54) is 0 Å². The van der Waals surface area contributed by atoms with E-state index < -0.39 is 9.84 Å². The zero-order chi connectivity index (χ0) is 15.9. The minimum absolute atomic E-state index is 0.126. The molecule has 124 valence electrons. The molecule has 4 rings (SSSR count). The monoisotopic (exact) mass is 336 g/mol. The van der Waals surface area contributed by atoms with Crippen LogP contribution in [0.25, 0.3) is 11.5 Å². The van der Waals surface area contributed by atoms with Crippen LogP contribution in [0.4, 0.5) is 0 Å². The Morgan fingerprint density at radius 2 is 2.09 bits per heavy atom. The molecule has 2 fully saturated rings. The first-order valence-electron chi connectivity index (χ1n) is 8.01. The first-order valence-corrected chi connectivity index (χ1v) is 9.83. The number of rotatable bonds is 3. The molecule has 1 N–H and O–H groups in total. The molecule has 0 saturated carbocycles. The van der Waals surface area contributed by atoms with E-state index in [0.717, 1.165) is 43.4 Å². The highest BCUT2D eigenvalue weighted by atomic mass is 32.2. The van der Waals surface area contributed by atoms with Crippen LogP contribution in [0.1, 0.15) is 37.0 Å². The van der Waals surface area contributed by atoms with Gasteiger partial charge in [0.15, 0.2) is 21.5 Å². The largest absolute Gasteiger partial charge is 0.381 e. The van der Waals surface area contributed by atoms with Crippen molar-refractivity contribution in [3.05, 3.63) is 24.2 Å². The second kappa shape index (κ2) is 5.76. The minimum atomic E-state index is -2.96. The van der Waals surface area contributed by atoms with Crippen LogP contribution in [0.2, 0.25) is 0 Å². The maximum atomic E-state index is 11.8. The van der Waals surface area contributed by atoms with Gasteiger partial charge in [-0.25, -0.2) is 18.1 Å². The average Bonchev–Trinajstić information content (AvgIpc) is 3.25. The normalized spacial score (nSPS) is 25.0. The number of aromatic amines is 1. The van der Waals surface area contributed by atoms with Crippen LogP contribution in [-0.2, 0) is 14.6 Å². The van der Waals surface area contributed by atoms with E-state index in [4.69, 9.17) is 14.8 Å². The van der Waals surface area contributed by atoms with Crippen molar-refractivity contribution in [2.45, 2.75) is 31.2 Å². The fourth-order valence-electron chi connectivity index (χ4n) is 3.34. The molecule has 0 bridgehead atoms. The molecule has 23 heavy (non-hydrogen) atoms. The van der Waals surface area contributed by atoms with Crippen molar-refractivity contribution in [3.8, 4) is 11.5 Å². The molecule has 8 heteroatoms. The number of hydrogen-bond donors (Lipinski definition) is 1. The molecule has 2 aromatic heterocycles. The van der Waals surface area contributed by atoms with Gasteiger partial charge >= 0.3 is 0 Å². The maximum Gasteiger partial charge on any atom is 0.175 e. The zero-order valence-corrected chi connectivity index (χ0v) is 13.6. The van der Waals surface area contributed by atoms with Crippen LogP contribution >= 0.6 is 0 Å². The van der Waals surface area contributed by atoms with Gasteiger partial charge in [-0.15, -0.1) is 0 Å². The van der Waals surface area contributed by atoms with Crippen molar-refractivity contribution in [2.75, 3.05) is 24.7 Å². The number of nitrogens with zero attached hydrogens (tertiary/aromatic N) is 3. The summed E-state index contributed by atoms with van der Waals surface area (Å²) >= 11 is 0. The van der Waals surface area contributed by atoms with Crippen molar-refractivity contribution in [2.24, 2.45) is 0 Å². The quantitative estimate of drug-likeness (QED) is 0.918. The van der Waals surface area contributed by atoms with Gasteiger partial charge in [0.25, 0.3) is 0 Å². The van der Waals surface area contributed by atoms with Gasteiger partial charge in [-0.3, -0.25) is 0 Å². The molecule has 0 spiro atoms. The molecule has 1 atom stereocenters. The van der Waals surface area contributed by atoms with Gasteiger partial charge in [0.05, 0.1) is 23.2 Å². The van der Waals surface area contributed by atoms with Crippen LogP contribution in [0.5, 0.6) is 0 Å². The molecule has 0 amide bonds. The standard InChI is InChI=1S/C15H20N4O3S/c20-23(21)9-5-12(10-23)19-15(13-2-1-6-16-13)17-14(18-19)11-3-7-22-8-4-11/h1-2,6,11-12,16H,3-5,7-10H2. The number of ether oxygens (including phenoxy) is 1. The van der Waals surface area contributed by atoms with E-state index in [0.29, 0.717) is 6.42 Å². The second-order valence-electron chi connectivity index (χ2n) is 6.27. The highest BCUT2D eigenvalue weighted by Crippen LogP contribution is 2.31. The average molecular weight is 336 g/mol. The predicted molar refractivity (Wildman–Crippen MR) is 84.9 cm³/mol. The summed E-state index contributed by atoms with van der Waals surface area (Å²) < 4.78 is 30.9. The molecule has 2 saturated heterocycles. The SMILES string of the molecule is O=S1(=O)CCC(n2nc(C3CCOCC3)nc2-c2ccc[nH]2)C1. The van der Waals surface area contributed by atoms with Gasteiger partial charge in [0, 0.05) is 25.3 Å². The third kappa shape index (κ3) is 2.92. The second-order valence-corrected chi connectivity index (χ2v) is 8.49. The lowest BCUT2D eigenvalue weighted by Gasteiger charge is -2.19. The van der Waals surface area contributed by atoms with Gasteiger partial charge < -0.3 is 9.72 Å². The lowest BCUT2D eigenvalue weighted by atomic mass is 10.00. The molecular weight excluding hydrogens is 316 g/mol. The Labute approximate surface area is 135 Å². The molecule has 0 radical (unpaired) electrons. The summed E-state index contributed by atoms with van der Waals surface area (Å²) in [6.45, 7) is 1.46. The van der Waals surface area contributed by atoms with Gasteiger partial charge in [0.1, 0.15) is 0 Å². The van der Waals surface area contributed by atoms with E-state index in [9.17, 15) is 8.42 Å². The summed E-state index contributed by atoms with van der Waals surface area (Å²) in [5, 5.41) is 4.70. The van der Waals surface area contributed by atoms with Crippen LogP contribution in [0, 0.1) is 0 Å². The van der Waals surface area contributed by atoms with Crippen LogP contribution in [-0.4, -0.2) is 52.9 Å². The molecule has 2 aliphatic rings. The van der Waals surface area contributed by atoms with Gasteiger partial charge in [-0.2, -0.15) is 5.10 Å².